The summed E-state index contributed by atoms with van der Waals surface area (Å²) in [6.07, 6.45) is 0.684. The van der Waals surface area contributed by atoms with E-state index >= 15 is 0 Å². The monoisotopic (exact) mass is 409 g/mol. The molecule has 6 nitrogen and oxygen atoms in total. The molecule has 1 aromatic rings. The van der Waals surface area contributed by atoms with Crippen LogP contribution in [0.25, 0.3) is 0 Å². The Kier molecular flexibility index (Phi) is 5.66. The van der Waals surface area contributed by atoms with Gasteiger partial charge in [0.1, 0.15) is 11.4 Å². The third-order valence-corrected chi connectivity index (χ3v) is 5.76. The van der Waals surface area contributed by atoms with Crippen LogP contribution in [0.5, 0.6) is 0 Å². The minimum atomic E-state index is -0.916. The fraction of sp³-hybridized carbons (Fsp3) is 0.550. The van der Waals surface area contributed by atoms with Crippen LogP contribution in [0.2, 0.25) is 5.02 Å². The predicted molar refractivity (Wildman–Crippen MR) is 104 cm³/mol. The highest BCUT2D eigenvalue weighted by atomic mass is 35.5. The molecule has 1 aromatic carbocycles. The van der Waals surface area contributed by atoms with Gasteiger partial charge >= 0.3 is 6.03 Å². The SMILES string of the molecule is CCN1C(=O)N(CC(C)C)C2(CCN(C(=O)c3cc(Cl)ccc3F)CC2)C1=O. The normalized spacial score (nSPS) is 19.3. The summed E-state index contributed by atoms with van der Waals surface area (Å²) in [6.45, 7) is 7.14. The lowest BCUT2D eigenvalue weighted by Crippen LogP contribution is -2.58. The van der Waals surface area contributed by atoms with Gasteiger partial charge in [0.05, 0.1) is 5.56 Å². The summed E-state index contributed by atoms with van der Waals surface area (Å²) >= 11 is 5.90. The van der Waals surface area contributed by atoms with Crippen molar-refractivity contribution in [3.8, 4) is 0 Å². The third kappa shape index (κ3) is 3.36. The highest BCUT2D eigenvalue weighted by Gasteiger charge is 2.57. The quantitative estimate of drug-likeness (QED) is 0.716. The van der Waals surface area contributed by atoms with Crippen molar-refractivity contribution in [3.05, 3.63) is 34.6 Å². The Morgan fingerprint density at radius 3 is 2.46 bits per heavy atom. The van der Waals surface area contributed by atoms with E-state index in [1.807, 2.05) is 13.8 Å². The van der Waals surface area contributed by atoms with E-state index in [9.17, 15) is 18.8 Å². The number of likely N-dealkylation sites (N-methyl/N-ethyl adjacent to an activating group) is 1. The lowest BCUT2D eigenvalue weighted by Gasteiger charge is -2.42. The summed E-state index contributed by atoms with van der Waals surface area (Å²) in [5, 5.41) is 0.288. The number of likely N-dealkylation sites (tertiary alicyclic amines) is 1. The van der Waals surface area contributed by atoms with Crippen LogP contribution >= 0.6 is 11.6 Å². The van der Waals surface area contributed by atoms with Crippen LogP contribution in [0.15, 0.2) is 18.2 Å². The summed E-state index contributed by atoms with van der Waals surface area (Å²) < 4.78 is 14.1. The van der Waals surface area contributed by atoms with Gasteiger partial charge in [0, 0.05) is 31.2 Å². The molecule has 0 radical (unpaired) electrons. The van der Waals surface area contributed by atoms with Crippen LogP contribution in [0, 0.1) is 11.7 Å². The first kappa shape index (κ1) is 20.6. The van der Waals surface area contributed by atoms with Gasteiger partial charge < -0.3 is 9.80 Å². The molecule has 2 fully saturated rings. The maximum absolute atomic E-state index is 14.1. The molecule has 2 aliphatic heterocycles. The number of carbonyl (C=O) groups excluding carboxylic acids is 3. The molecule has 4 amide bonds. The van der Waals surface area contributed by atoms with Crippen molar-refractivity contribution >= 4 is 29.4 Å². The number of nitrogens with zero attached hydrogens (tertiary/aromatic N) is 3. The highest BCUT2D eigenvalue weighted by molar-refractivity contribution is 6.31. The molecule has 0 aliphatic carbocycles. The number of hydrogen-bond acceptors (Lipinski definition) is 3. The lowest BCUT2D eigenvalue weighted by atomic mass is 9.85. The zero-order valence-corrected chi connectivity index (χ0v) is 17.1. The maximum Gasteiger partial charge on any atom is 0.327 e. The predicted octanol–water partition coefficient (Wildman–Crippen LogP) is 3.39. The van der Waals surface area contributed by atoms with E-state index in [-0.39, 0.29) is 41.5 Å². The average Bonchev–Trinajstić information content (AvgIpc) is 2.84. The molecule has 0 aromatic heterocycles. The molecule has 3 rings (SSSR count). The smallest absolute Gasteiger partial charge is 0.327 e. The number of hydrogen-bond donors (Lipinski definition) is 0. The molecule has 2 heterocycles. The molecular weight excluding hydrogens is 385 g/mol. The molecule has 152 valence electrons. The summed E-state index contributed by atoms with van der Waals surface area (Å²) in [6, 6.07) is 3.62. The van der Waals surface area contributed by atoms with Crippen LogP contribution in [0.4, 0.5) is 9.18 Å². The fourth-order valence-electron chi connectivity index (χ4n) is 4.07. The highest BCUT2D eigenvalue weighted by Crippen LogP contribution is 2.38. The molecule has 0 saturated carbocycles. The van der Waals surface area contributed by atoms with Gasteiger partial charge in [-0.15, -0.1) is 0 Å². The van der Waals surface area contributed by atoms with Gasteiger partial charge in [-0.1, -0.05) is 25.4 Å². The van der Waals surface area contributed by atoms with Crippen molar-refractivity contribution in [2.45, 2.75) is 39.2 Å². The van der Waals surface area contributed by atoms with Crippen molar-refractivity contribution in [1.82, 2.24) is 14.7 Å². The van der Waals surface area contributed by atoms with Gasteiger partial charge in [0.25, 0.3) is 11.8 Å². The van der Waals surface area contributed by atoms with Crippen molar-refractivity contribution < 1.29 is 18.8 Å². The van der Waals surface area contributed by atoms with Crippen molar-refractivity contribution in [3.63, 3.8) is 0 Å². The fourth-order valence-corrected chi connectivity index (χ4v) is 4.25. The second-order valence-electron chi connectivity index (χ2n) is 7.78. The second-order valence-corrected chi connectivity index (χ2v) is 8.22. The van der Waals surface area contributed by atoms with Crippen LogP contribution in [-0.2, 0) is 4.79 Å². The van der Waals surface area contributed by atoms with Gasteiger partial charge in [-0.05, 0) is 43.9 Å². The number of halogens is 2. The van der Waals surface area contributed by atoms with Crippen LogP contribution in [0.1, 0.15) is 44.0 Å². The standard InChI is InChI=1S/C20H25ClFN3O3/c1-4-24-18(27)20(25(19(24)28)12-13(2)3)7-9-23(10-8-20)17(26)15-11-14(21)5-6-16(15)22/h5-6,11,13H,4,7-10,12H2,1-3H3. The van der Waals surface area contributed by atoms with E-state index < -0.39 is 17.3 Å². The topological polar surface area (TPSA) is 60.9 Å². The Balaban J connectivity index is 1.82. The first-order chi connectivity index (χ1) is 13.2. The summed E-state index contributed by atoms with van der Waals surface area (Å²) in [4.78, 5) is 43.0. The number of carbonyl (C=O) groups is 3. The third-order valence-electron chi connectivity index (χ3n) is 5.52. The Bertz CT molecular complexity index is 806. The van der Waals surface area contributed by atoms with E-state index in [1.165, 1.54) is 28.0 Å². The molecule has 2 aliphatic rings. The largest absolute Gasteiger partial charge is 0.338 e. The number of imide groups is 1. The van der Waals surface area contributed by atoms with E-state index in [0.717, 1.165) is 0 Å². The Morgan fingerprint density at radius 2 is 1.89 bits per heavy atom. The molecule has 0 unspecified atom stereocenters. The first-order valence-corrected chi connectivity index (χ1v) is 9.97. The molecule has 1 spiro atoms. The number of amides is 4. The van der Waals surface area contributed by atoms with Crippen molar-refractivity contribution in [1.29, 1.82) is 0 Å². The minimum Gasteiger partial charge on any atom is -0.338 e. The van der Waals surface area contributed by atoms with Gasteiger partial charge in [-0.2, -0.15) is 0 Å². The van der Waals surface area contributed by atoms with E-state index in [0.29, 0.717) is 25.9 Å². The van der Waals surface area contributed by atoms with Crippen LogP contribution in [0.3, 0.4) is 0 Å². The summed E-state index contributed by atoms with van der Waals surface area (Å²) in [5.41, 5.74) is -0.993. The van der Waals surface area contributed by atoms with Crippen LogP contribution < -0.4 is 0 Å². The van der Waals surface area contributed by atoms with Gasteiger partial charge in [-0.3, -0.25) is 14.5 Å². The Labute approximate surface area is 169 Å². The van der Waals surface area contributed by atoms with Crippen molar-refractivity contribution in [2.24, 2.45) is 5.92 Å². The lowest BCUT2D eigenvalue weighted by molar-refractivity contribution is -0.135. The first-order valence-electron chi connectivity index (χ1n) is 9.59. The Hall–Kier alpha value is -2.15. The molecule has 2 saturated heterocycles. The van der Waals surface area contributed by atoms with Gasteiger partial charge in [0.15, 0.2) is 0 Å². The Morgan fingerprint density at radius 1 is 1.25 bits per heavy atom. The number of benzene rings is 1. The maximum atomic E-state index is 14.1. The van der Waals surface area contributed by atoms with Crippen molar-refractivity contribution in [2.75, 3.05) is 26.2 Å². The zero-order valence-electron chi connectivity index (χ0n) is 16.4. The summed E-state index contributed by atoms with van der Waals surface area (Å²) in [5.74, 6) is -1.05. The molecule has 0 N–H and O–H groups in total. The zero-order chi connectivity index (χ0) is 20.6. The van der Waals surface area contributed by atoms with Crippen LogP contribution in [-0.4, -0.2) is 64.3 Å². The van der Waals surface area contributed by atoms with E-state index in [2.05, 4.69) is 0 Å². The van der Waals surface area contributed by atoms with E-state index in [4.69, 9.17) is 11.6 Å². The number of rotatable bonds is 4. The second kappa shape index (κ2) is 7.70. The van der Waals surface area contributed by atoms with Gasteiger partial charge in [-0.25, -0.2) is 9.18 Å². The molecule has 8 heteroatoms. The number of piperidine rings is 1. The molecule has 0 bridgehead atoms. The molecule has 28 heavy (non-hydrogen) atoms. The average molecular weight is 410 g/mol. The molecule has 0 atom stereocenters. The van der Waals surface area contributed by atoms with Gasteiger partial charge in [0.2, 0.25) is 0 Å². The molecular formula is C20H25ClFN3O3. The number of urea groups is 1. The van der Waals surface area contributed by atoms with E-state index in [1.54, 1.807) is 11.8 Å². The summed E-state index contributed by atoms with van der Waals surface area (Å²) in [7, 11) is 0. The minimum absolute atomic E-state index is 0.0773.